The van der Waals surface area contributed by atoms with Gasteiger partial charge in [-0.25, -0.2) is 4.39 Å². The van der Waals surface area contributed by atoms with Gasteiger partial charge in [-0.05, 0) is 76.6 Å². The van der Waals surface area contributed by atoms with Gasteiger partial charge in [-0.15, -0.1) is 10.2 Å². The Morgan fingerprint density at radius 3 is 2.44 bits per heavy atom. The number of aromatic amines is 1. The number of halogens is 1. The molecule has 0 saturated heterocycles. The third-order valence-electron chi connectivity index (χ3n) is 7.85. The fourth-order valence-electron chi connectivity index (χ4n) is 5.77. The van der Waals surface area contributed by atoms with Gasteiger partial charge in [0.25, 0.3) is 5.91 Å². The van der Waals surface area contributed by atoms with E-state index in [1.165, 1.54) is 12.1 Å². The van der Waals surface area contributed by atoms with Crippen molar-refractivity contribution >= 4 is 11.7 Å². The molecule has 1 saturated carbocycles. The second-order valence-electron chi connectivity index (χ2n) is 10.5. The van der Waals surface area contributed by atoms with Gasteiger partial charge >= 0.3 is 0 Å². The molecule has 2 heterocycles. The van der Waals surface area contributed by atoms with Crippen LogP contribution in [0, 0.1) is 5.82 Å². The first kappa shape index (κ1) is 25.1. The minimum Gasteiger partial charge on any atom is -0.294 e. The van der Waals surface area contributed by atoms with Crippen molar-refractivity contribution in [2.75, 3.05) is 0 Å². The zero-order chi connectivity index (χ0) is 26.8. The predicted molar refractivity (Wildman–Crippen MR) is 149 cm³/mol. The number of tetrazole rings is 1. The summed E-state index contributed by atoms with van der Waals surface area (Å²) in [5, 5.41) is 14.6. The van der Waals surface area contributed by atoms with Crippen LogP contribution in [0.25, 0.3) is 33.6 Å². The van der Waals surface area contributed by atoms with Crippen LogP contribution < -0.4 is 0 Å². The molecule has 1 spiro atoms. The van der Waals surface area contributed by atoms with Gasteiger partial charge in [0.1, 0.15) is 17.2 Å². The number of unbranched alkanes of at least 4 members (excludes halogenated alkanes) is 1. The highest BCUT2D eigenvalue weighted by Gasteiger charge is 2.49. The van der Waals surface area contributed by atoms with Crippen LogP contribution in [0.5, 0.6) is 0 Å². The largest absolute Gasteiger partial charge is 0.294 e. The van der Waals surface area contributed by atoms with Crippen LogP contribution in [0.15, 0.2) is 71.7 Å². The van der Waals surface area contributed by atoms with E-state index in [1.54, 1.807) is 6.07 Å². The fourth-order valence-corrected chi connectivity index (χ4v) is 5.77. The van der Waals surface area contributed by atoms with Gasteiger partial charge in [0.05, 0.1) is 6.54 Å². The maximum atomic E-state index is 13.9. The predicted octanol–water partition coefficient (Wildman–Crippen LogP) is 6.58. The van der Waals surface area contributed by atoms with Crippen molar-refractivity contribution < 1.29 is 9.18 Å². The second-order valence-corrected chi connectivity index (χ2v) is 10.5. The summed E-state index contributed by atoms with van der Waals surface area (Å²) in [5.74, 6) is 1.31. The lowest BCUT2D eigenvalue weighted by Crippen LogP contribution is -2.40. The monoisotopic (exact) mass is 522 g/mol. The number of hydrogen-bond donors (Lipinski definition) is 1. The summed E-state index contributed by atoms with van der Waals surface area (Å²) in [7, 11) is 0. The highest BCUT2D eigenvalue weighted by molar-refractivity contribution is 6.08. The molecule has 7 nitrogen and oxygen atoms in total. The van der Waals surface area contributed by atoms with Gasteiger partial charge in [0, 0.05) is 12.0 Å². The maximum Gasteiger partial charge on any atom is 0.256 e. The maximum absolute atomic E-state index is 13.9. The standard InChI is InChI=1S/C31H31FN6O/c1-2-3-9-28-33-31(16-4-5-17-31)30(39)38(28)20-21-10-12-22(13-11-21)27-19-24(23-7-6-8-25(32)18-23)14-15-26(27)29-34-36-37-35-29/h6-8,10-15,18-19H,2-5,9,16-17,20H2,1H3,(H,34,35,36,37). The van der Waals surface area contributed by atoms with E-state index < -0.39 is 5.54 Å². The molecule has 4 aromatic rings. The summed E-state index contributed by atoms with van der Waals surface area (Å²) in [5.41, 5.74) is 4.91. The molecule has 8 heteroatoms. The second kappa shape index (κ2) is 10.5. The summed E-state index contributed by atoms with van der Waals surface area (Å²) >= 11 is 0. The van der Waals surface area contributed by atoms with Crippen molar-refractivity contribution in [1.82, 2.24) is 25.5 Å². The molecule has 1 aromatic heterocycles. The molecule has 39 heavy (non-hydrogen) atoms. The number of rotatable bonds is 8. The summed E-state index contributed by atoms with van der Waals surface area (Å²) in [6.45, 7) is 2.68. The Balaban J connectivity index is 1.31. The van der Waals surface area contributed by atoms with Crippen molar-refractivity contribution in [2.45, 2.75) is 64.0 Å². The summed E-state index contributed by atoms with van der Waals surface area (Å²) < 4.78 is 13.9. The Kier molecular flexibility index (Phi) is 6.77. The van der Waals surface area contributed by atoms with Crippen LogP contribution in [-0.4, -0.2) is 42.8 Å². The molecule has 0 unspecified atom stereocenters. The van der Waals surface area contributed by atoms with E-state index in [0.29, 0.717) is 12.4 Å². The Hall–Kier alpha value is -4.20. The van der Waals surface area contributed by atoms with E-state index in [0.717, 1.165) is 84.2 Å². The van der Waals surface area contributed by atoms with Crippen LogP contribution in [0.3, 0.4) is 0 Å². The van der Waals surface area contributed by atoms with Crippen LogP contribution >= 0.6 is 0 Å². The van der Waals surface area contributed by atoms with Gasteiger partial charge in [0.2, 0.25) is 5.82 Å². The first-order chi connectivity index (χ1) is 19.1. The Bertz CT molecular complexity index is 1510. The summed E-state index contributed by atoms with van der Waals surface area (Å²) in [6.07, 6.45) is 6.78. The fraction of sp³-hybridized carbons (Fsp3) is 0.323. The SMILES string of the molecule is CCCCC1=NC2(CCCC2)C(=O)N1Cc1ccc(-c2cc(-c3cccc(F)c3)ccc2-c2nn[nH]n2)cc1. The molecule has 198 valence electrons. The number of H-pyrrole nitrogens is 1. The zero-order valence-corrected chi connectivity index (χ0v) is 22.0. The average Bonchev–Trinajstić information content (AvgIpc) is 3.72. The number of aromatic nitrogens is 4. The van der Waals surface area contributed by atoms with E-state index in [-0.39, 0.29) is 11.7 Å². The number of amidine groups is 1. The topological polar surface area (TPSA) is 87.1 Å². The molecule has 1 fully saturated rings. The minimum atomic E-state index is -0.528. The Morgan fingerprint density at radius 2 is 1.72 bits per heavy atom. The molecule has 0 radical (unpaired) electrons. The number of hydrogen-bond acceptors (Lipinski definition) is 5. The number of aliphatic imine (C=N–C) groups is 1. The lowest BCUT2D eigenvalue weighted by atomic mass is 9.93. The zero-order valence-electron chi connectivity index (χ0n) is 22.0. The van der Waals surface area contributed by atoms with E-state index in [4.69, 9.17) is 4.99 Å². The van der Waals surface area contributed by atoms with Crippen molar-refractivity contribution in [1.29, 1.82) is 0 Å². The smallest absolute Gasteiger partial charge is 0.256 e. The first-order valence-electron chi connectivity index (χ1n) is 13.7. The molecule has 2 aliphatic rings. The number of amides is 1. The highest BCUT2D eigenvalue weighted by atomic mass is 19.1. The van der Waals surface area contributed by atoms with E-state index in [1.807, 2.05) is 29.2 Å². The lowest BCUT2D eigenvalue weighted by molar-refractivity contribution is -0.131. The molecule has 1 aliphatic carbocycles. The number of benzene rings is 3. The first-order valence-corrected chi connectivity index (χ1v) is 13.7. The van der Waals surface area contributed by atoms with E-state index in [2.05, 4.69) is 51.8 Å². The number of nitrogens with zero attached hydrogens (tertiary/aromatic N) is 5. The number of carbonyl (C=O) groups is 1. The molecular formula is C31H31FN6O. The molecule has 1 amide bonds. The van der Waals surface area contributed by atoms with Crippen molar-refractivity contribution in [3.63, 3.8) is 0 Å². The molecular weight excluding hydrogens is 491 g/mol. The van der Waals surface area contributed by atoms with Gasteiger partial charge in [-0.2, -0.15) is 5.21 Å². The van der Waals surface area contributed by atoms with Crippen LogP contribution in [0.2, 0.25) is 0 Å². The average molecular weight is 523 g/mol. The van der Waals surface area contributed by atoms with Crippen molar-refractivity contribution in [3.05, 3.63) is 78.1 Å². The third kappa shape index (κ3) is 4.87. The van der Waals surface area contributed by atoms with Gasteiger partial charge in [0.15, 0.2) is 0 Å². The van der Waals surface area contributed by atoms with Crippen LogP contribution in [-0.2, 0) is 11.3 Å². The Morgan fingerprint density at radius 1 is 0.949 bits per heavy atom. The summed E-state index contributed by atoms with van der Waals surface area (Å²) in [6, 6.07) is 20.7. The van der Waals surface area contributed by atoms with Crippen molar-refractivity contribution in [3.8, 4) is 33.6 Å². The highest BCUT2D eigenvalue weighted by Crippen LogP contribution is 2.40. The molecule has 1 aliphatic heterocycles. The van der Waals surface area contributed by atoms with E-state index in [9.17, 15) is 9.18 Å². The van der Waals surface area contributed by atoms with Crippen molar-refractivity contribution in [2.24, 2.45) is 4.99 Å². The normalized spacial score (nSPS) is 16.3. The van der Waals surface area contributed by atoms with Crippen LogP contribution in [0.1, 0.15) is 57.4 Å². The molecule has 6 rings (SSSR count). The molecule has 0 atom stereocenters. The van der Waals surface area contributed by atoms with Gasteiger partial charge in [-0.3, -0.25) is 14.7 Å². The van der Waals surface area contributed by atoms with Gasteiger partial charge < -0.3 is 0 Å². The molecule has 3 aromatic carbocycles. The third-order valence-corrected chi connectivity index (χ3v) is 7.85. The molecule has 0 bridgehead atoms. The van der Waals surface area contributed by atoms with Gasteiger partial charge in [-0.1, -0.05) is 68.7 Å². The quantitative estimate of drug-likeness (QED) is 0.283. The summed E-state index contributed by atoms with van der Waals surface area (Å²) in [4.78, 5) is 20.5. The van der Waals surface area contributed by atoms with E-state index >= 15 is 0 Å². The molecule has 1 N–H and O–H groups in total. The number of nitrogens with one attached hydrogen (secondary N) is 1. The number of carbonyl (C=O) groups excluding carboxylic acids is 1. The minimum absolute atomic E-state index is 0.164. The Labute approximate surface area is 227 Å². The lowest BCUT2D eigenvalue weighted by Gasteiger charge is -2.23. The van der Waals surface area contributed by atoms with Crippen LogP contribution in [0.4, 0.5) is 4.39 Å².